The van der Waals surface area contributed by atoms with Gasteiger partial charge in [0.1, 0.15) is 10.6 Å². The van der Waals surface area contributed by atoms with Crippen molar-refractivity contribution in [2.45, 2.75) is 26.7 Å². The van der Waals surface area contributed by atoms with Gasteiger partial charge in [-0.3, -0.25) is 4.90 Å². The average molecular weight is 390 g/mol. The molecule has 0 radical (unpaired) electrons. The van der Waals surface area contributed by atoms with Crippen molar-refractivity contribution in [3.8, 4) is 5.88 Å². The van der Waals surface area contributed by atoms with E-state index in [0.29, 0.717) is 5.88 Å². The summed E-state index contributed by atoms with van der Waals surface area (Å²) in [5.41, 5.74) is 3.30. The zero-order valence-corrected chi connectivity index (χ0v) is 16.3. The molecule has 1 aliphatic heterocycles. The number of nitrogens with zero attached hydrogens (tertiary/aromatic N) is 3. The van der Waals surface area contributed by atoms with E-state index in [1.165, 1.54) is 0 Å². The first-order valence-corrected chi connectivity index (χ1v) is 9.94. The molecule has 2 amide bonds. The maximum absolute atomic E-state index is 12.9. The standard InChI is InChI=1S/C21H18N4O2S/c1-12-10-17(27-14-6-4-3-5-7-14)23-11-16(12)25-15-8-9-22-20-18(15)19(13(2)28-20)24-21(25)26/h4,6-11H,3,5H2,1-2H3,(H,24,26). The van der Waals surface area contributed by atoms with Crippen molar-refractivity contribution in [2.75, 3.05) is 10.2 Å². The number of hydrogen-bond acceptors (Lipinski definition) is 5. The average Bonchev–Trinajstić information content (AvgIpc) is 3.00. The number of aromatic nitrogens is 2. The lowest BCUT2D eigenvalue weighted by molar-refractivity contribution is 0.258. The van der Waals surface area contributed by atoms with Crippen LogP contribution in [0.25, 0.3) is 10.2 Å². The monoisotopic (exact) mass is 390 g/mol. The van der Waals surface area contributed by atoms with Crippen molar-refractivity contribution < 1.29 is 9.53 Å². The molecule has 0 fully saturated rings. The van der Waals surface area contributed by atoms with Crippen molar-refractivity contribution in [1.82, 2.24) is 9.97 Å². The first-order valence-electron chi connectivity index (χ1n) is 9.12. The second-order valence-corrected chi connectivity index (χ2v) is 8.01. The normalized spacial score (nSPS) is 15.6. The summed E-state index contributed by atoms with van der Waals surface area (Å²) in [5.74, 6) is 1.32. The number of urea groups is 1. The quantitative estimate of drug-likeness (QED) is 0.632. The zero-order valence-electron chi connectivity index (χ0n) is 15.5. The van der Waals surface area contributed by atoms with Crippen LogP contribution >= 0.6 is 11.3 Å². The molecule has 28 heavy (non-hydrogen) atoms. The van der Waals surface area contributed by atoms with Gasteiger partial charge < -0.3 is 10.1 Å². The molecule has 0 spiro atoms. The van der Waals surface area contributed by atoms with E-state index in [1.807, 2.05) is 32.1 Å². The number of allylic oxidation sites excluding steroid dienone is 3. The second kappa shape index (κ2) is 6.45. The smallest absolute Gasteiger partial charge is 0.331 e. The number of hydrogen-bond donors (Lipinski definition) is 1. The molecule has 0 atom stereocenters. The first kappa shape index (κ1) is 16.9. The van der Waals surface area contributed by atoms with E-state index in [0.717, 1.165) is 56.3 Å². The maximum Gasteiger partial charge on any atom is 0.331 e. The number of carbonyl (C=O) groups is 1. The number of anilines is 3. The van der Waals surface area contributed by atoms with Gasteiger partial charge in [0.15, 0.2) is 0 Å². The minimum atomic E-state index is -0.196. The molecule has 140 valence electrons. The van der Waals surface area contributed by atoms with Crippen molar-refractivity contribution in [3.63, 3.8) is 0 Å². The summed E-state index contributed by atoms with van der Waals surface area (Å²) in [7, 11) is 0. The lowest BCUT2D eigenvalue weighted by Gasteiger charge is -2.29. The van der Waals surface area contributed by atoms with E-state index in [2.05, 4.69) is 27.4 Å². The third-order valence-electron chi connectivity index (χ3n) is 4.90. The lowest BCUT2D eigenvalue weighted by atomic mass is 10.1. The Kier molecular flexibility index (Phi) is 3.91. The Bertz CT molecular complexity index is 1180. The minimum absolute atomic E-state index is 0.196. The van der Waals surface area contributed by atoms with Gasteiger partial charge in [-0.05, 0) is 50.5 Å². The van der Waals surface area contributed by atoms with E-state index in [-0.39, 0.29) is 6.03 Å². The molecule has 4 heterocycles. The van der Waals surface area contributed by atoms with Crippen molar-refractivity contribution in [3.05, 3.63) is 59.0 Å². The van der Waals surface area contributed by atoms with Crippen molar-refractivity contribution in [2.24, 2.45) is 0 Å². The molecule has 2 aliphatic rings. The van der Waals surface area contributed by atoms with E-state index in [1.54, 1.807) is 28.6 Å². The predicted octanol–water partition coefficient (Wildman–Crippen LogP) is 5.60. The lowest BCUT2D eigenvalue weighted by Crippen LogP contribution is -2.34. The number of aryl methyl sites for hydroxylation is 2. The van der Waals surface area contributed by atoms with Crippen LogP contribution in [0.2, 0.25) is 0 Å². The third-order valence-corrected chi connectivity index (χ3v) is 5.92. The van der Waals surface area contributed by atoms with Crippen LogP contribution in [0.1, 0.15) is 23.3 Å². The fourth-order valence-corrected chi connectivity index (χ4v) is 4.53. The molecule has 1 N–H and O–H groups in total. The number of thiophene rings is 1. The molecule has 3 aromatic rings. The van der Waals surface area contributed by atoms with E-state index >= 15 is 0 Å². The topological polar surface area (TPSA) is 67.3 Å². The summed E-state index contributed by atoms with van der Waals surface area (Å²) in [5, 5.41) is 3.98. The summed E-state index contributed by atoms with van der Waals surface area (Å²) in [6.07, 6.45) is 11.5. The molecule has 0 aromatic carbocycles. The Balaban J connectivity index is 1.55. The van der Waals surface area contributed by atoms with E-state index in [4.69, 9.17) is 4.74 Å². The van der Waals surface area contributed by atoms with Crippen LogP contribution < -0.4 is 15.0 Å². The summed E-state index contributed by atoms with van der Waals surface area (Å²) >= 11 is 1.58. The van der Waals surface area contributed by atoms with Crippen LogP contribution in [0.15, 0.2) is 48.5 Å². The number of ether oxygens (including phenoxy) is 1. The highest BCUT2D eigenvalue weighted by molar-refractivity contribution is 7.19. The molecular weight excluding hydrogens is 372 g/mol. The van der Waals surface area contributed by atoms with Gasteiger partial charge in [0.2, 0.25) is 5.88 Å². The SMILES string of the molecule is Cc1cc(OC2=CCCC=C2)ncc1N1C(=O)Nc2c(C)sc3nccc1c23. The fraction of sp³-hybridized carbons (Fsp3) is 0.190. The first-order chi connectivity index (χ1) is 13.6. The second-order valence-electron chi connectivity index (χ2n) is 6.81. The molecule has 5 rings (SSSR count). The van der Waals surface area contributed by atoms with Gasteiger partial charge in [0, 0.05) is 17.1 Å². The van der Waals surface area contributed by atoms with Crippen LogP contribution in [0.4, 0.5) is 21.9 Å². The summed E-state index contributed by atoms with van der Waals surface area (Å²) in [4.78, 5) is 25.4. The number of carbonyl (C=O) groups excluding carboxylic acids is 1. The molecule has 0 unspecified atom stereocenters. The summed E-state index contributed by atoms with van der Waals surface area (Å²) < 4.78 is 5.86. The minimum Gasteiger partial charge on any atom is -0.439 e. The highest BCUT2D eigenvalue weighted by Gasteiger charge is 2.30. The zero-order chi connectivity index (χ0) is 19.3. The number of pyridine rings is 2. The molecule has 6 nitrogen and oxygen atoms in total. The van der Waals surface area contributed by atoms with Gasteiger partial charge in [-0.25, -0.2) is 14.8 Å². The van der Waals surface area contributed by atoms with Gasteiger partial charge in [0.05, 0.1) is 28.6 Å². The van der Waals surface area contributed by atoms with Crippen LogP contribution in [0, 0.1) is 13.8 Å². The highest BCUT2D eigenvalue weighted by Crippen LogP contribution is 2.45. The van der Waals surface area contributed by atoms with Gasteiger partial charge >= 0.3 is 6.03 Å². The van der Waals surface area contributed by atoms with Crippen LogP contribution in [0.5, 0.6) is 5.88 Å². The number of amides is 2. The molecule has 0 saturated heterocycles. The van der Waals surface area contributed by atoms with Crippen molar-refractivity contribution >= 4 is 44.6 Å². The molecule has 7 heteroatoms. The highest BCUT2D eigenvalue weighted by atomic mass is 32.1. The van der Waals surface area contributed by atoms with Crippen LogP contribution in [-0.2, 0) is 0 Å². The summed E-state index contributed by atoms with van der Waals surface area (Å²) in [6.45, 7) is 3.95. The predicted molar refractivity (Wildman–Crippen MR) is 112 cm³/mol. The van der Waals surface area contributed by atoms with Crippen molar-refractivity contribution in [1.29, 1.82) is 0 Å². The van der Waals surface area contributed by atoms with Crippen LogP contribution in [0.3, 0.4) is 0 Å². The van der Waals surface area contributed by atoms with Gasteiger partial charge in [-0.15, -0.1) is 11.3 Å². The Labute approximate surface area is 166 Å². The Morgan fingerprint density at radius 2 is 2.11 bits per heavy atom. The van der Waals surface area contributed by atoms with Crippen LogP contribution in [-0.4, -0.2) is 16.0 Å². The fourth-order valence-electron chi connectivity index (χ4n) is 3.56. The largest absolute Gasteiger partial charge is 0.439 e. The molecule has 0 saturated carbocycles. The van der Waals surface area contributed by atoms with Gasteiger partial charge in [-0.1, -0.05) is 6.08 Å². The summed E-state index contributed by atoms with van der Waals surface area (Å²) in [6, 6.07) is 3.54. The van der Waals surface area contributed by atoms with E-state index < -0.39 is 0 Å². The maximum atomic E-state index is 12.9. The van der Waals surface area contributed by atoms with E-state index in [9.17, 15) is 4.79 Å². The molecule has 1 aliphatic carbocycles. The Hall–Kier alpha value is -3.19. The Morgan fingerprint density at radius 3 is 2.89 bits per heavy atom. The molecule has 3 aromatic heterocycles. The Morgan fingerprint density at radius 1 is 1.21 bits per heavy atom. The number of nitrogens with one attached hydrogen (secondary N) is 1. The molecular formula is C21H18N4O2S. The third kappa shape index (κ3) is 2.66. The van der Waals surface area contributed by atoms with Gasteiger partial charge in [0.25, 0.3) is 0 Å². The number of rotatable bonds is 3. The van der Waals surface area contributed by atoms with Gasteiger partial charge in [-0.2, -0.15) is 0 Å². The molecule has 0 bridgehead atoms.